The average molecular weight is 346 g/mol. The number of phenols is 1. The molecule has 1 aromatic rings. The van der Waals surface area contributed by atoms with Crippen LogP contribution in [0.15, 0.2) is 24.3 Å². The summed E-state index contributed by atoms with van der Waals surface area (Å²) in [4.78, 5) is 23.7. The third-order valence-corrected chi connectivity index (χ3v) is 4.10. The van der Waals surface area contributed by atoms with Crippen molar-refractivity contribution in [3.8, 4) is 11.5 Å². The third-order valence-electron chi connectivity index (χ3n) is 4.10. The Morgan fingerprint density at radius 3 is 2.44 bits per heavy atom. The van der Waals surface area contributed by atoms with Crippen LogP contribution in [0.4, 0.5) is 0 Å². The van der Waals surface area contributed by atoms with Gasteiger partial charge in [-0.2, -0.15) is 0 Å². The molecular formula is C21H30O4. The molecule has 0 aliphatic heterocycles. The molecule has 0 aromatic heterocycles. The number of Topliss-reactive ketones (excluding diaryl/α,β-unsaturated/α-hetero) is 1. The van der Waals surface area contributed by atoms with Gasteiger partial charge in [0.1, 0.15) is 5.78 Å². The minimum atomic E-state index is -0.194. The van der Waals surface area contributed by atoms with Gasteiger partial charge in [-0.15, -0.1) is 0 Å². The average Bonchev–Trinajstić information content (AvgIpc) is 2.60. The van der Waals surface area contributed by atoms with E-state index in [0.29, 0.717) is 12.2 Å². The van der Waals surface area contributed by atoms with Gasteiger partial charge in [0.15, 0.2) is 17.3 Å². The van der Waals surface area contributed by atoms with Crippen molar-refractivity contribution >= 4 is 17.6 Å². The number of ether oxygens (including phenoxy) is 1. The van der Waals surface area contributed by atoms with Crippen molar-refractivity contribution in [1.82, 2.24) is 0 Å². The highest BCUT2D eigenvalue weighted by Gasteiger charge is 2.07. The van der Waals surface area contributed by atoms with Crippen LogP contribution in [0.1, 0.15) is 70.3 Å². The summed E-state index contributed by atoms with van der Waals surface area (Å²) in [6, 6.07) is 4.83. The molecule has 0 aliphatic rings. The number of methoxy groups -OCH3 is 1. The molecule has 0 unspecified atom stereocenters. The summed E-state index contributed by atoms with van der Waals surface area (Å²) in [5.41, 5.74) is 0.738. The van der Waals surface area contributed by atoms with E-state index in [1.165, 1.54) is 51.4 Å². The summed E-state index contributed by atoms with van der Waals surface area (Å²) in [5, 5.41) is 9.53. The largest absolute Gasteiger partial charge is 0.504 e. The van der Waals surface area contributed by atoms with Crippen LogP contribution in [0.25, 0.3) is 6.08 Å². The highest BCUT2D eigenvalue weighted by atomic mass is 16.5. The van der Waals surface area contributed by atoms with Crippen LogP contribution < -0.4 is 4.74 Å². The highest BCUT2D eigenvalue weighted by molar-refractivity contribution is 6.06. The van der Waals surface area contributed by atoms with Crippen molar-refractivity contribution < 1.29 is 19.4 Å². The predicted octanol–water partition coefficient (Wildman–Crippen LogP) is 5.08. The molecule has 0 radical (unpaired) electrons. The zero-order valence-corrected chi connectivity index (χ0v) is 15.4. The predicted molar refractivity (Wildman–Crippen MR) is 101 cm³/mol. The lowest BCUT2D eigenvalue weighted by Gasteiger charge is -2.03. The first kappa shape index (κ1) is 20.9. The summed E-state index contributed by atoms with van der Waals surface area (Å²) in [6.45, 7) is 2.20. The fourth-order valence-corrected chi connectivity index (χ4v) is 2.61. The van der Waals surface area contributed by atoms with E-state index in [0.717, 1.165) is 18.4 Å². The van der Waals surface area contributed by atoms with Crippen molar-refractivity contribution in [2.45, 2.75) is 64.7 Å². The lowest BCUT2D eigenvalue weighted by atomic mass is 10.0. The van der Waals surface area contributed by atoms with E-state index in [1.807, 2.05) is 0 Å². The van der Waals surface area contributed by atoms with Crippen molar-refractivity contribution in [1.29, 1.82) is 0 Å². The molecule has 0 spiro atoms. The molecule has 1 rings (SSSR count). The second-order valence-corrected chi connectivity index (χ2v) is 6.32. The van der Waals surface area contributed by atoms with E-state index in [4.69, 9.17) is 4.74 Å². The molecule has 0 amide bonds. The van der Waals surface area contributed by atoms with Gasteiger partial charge in [-0.3, -0.25) is 9.59 Å². The number of aromatic hydroxyl groups is 1. The molecule has 1 aromatic carbocycles. The van der Waals surface area contributed by atoms with Crippen LogP contribution in [-0.2, 0) is 9.59 Å². The Morgan fingerprint density at radius 1 is 1.08 bits per heavy atom. The number of carbonyl (C=O) groups excluding carboxylic acids is 2. The smallest absolute Gasteiger partial charge is 0.163 e. The first-order valence-electron chi connectivity index (χ1n) is 9.16. The van der Waals surface area contributed by atoms with Crippen molar-refractivity contribution in [3.63, 3.8) is 0 Å². The van der Waals surface area contributed by atoms with Gasteiger partial charge < -0.3 is 9.84 Å². The second kappa shape index (κ2) is 12.3. The van der Waals surface area contributed by atoms with Gasteiger partial charge in [-0.25, -0.2) is 0 Å². The fraction of sp³-hybridized carbons (Fsp3) is 0.524. The third kappa shape index (κ3) is 9.08. The lowest BCUT2D eigenvalue weighted by Crippen LogP contribution is -2.05. The topological polar surface area (TPSA) is 63.6 Å². The Hall–Kier alpha value is -2.10. The molecule has 4 heteroatoms. The monoisotopic (exact) mass is 346 g/mol. The molecule has 0 fully saturated rings. The summed E-state index contributed by atoms with van der Waals surface area (Å²) in [6.07, 6.45) is 11.6. The van der Waals surface area contributed by atoms with Gasteiger partial charge in [0.05, 0.1) is 13.5 Å². The minimum absolute atomic E-state index is 0.00601. The molecule has 0 atom stereocenters. The second-order valence-electron chi connectivity index (χ2n) is 6.32. The van der Waals surface area contributed by atoms with Crippen LogP contribution in [0.2, 0.25) is 0 Å². The number of unbranched alkanes of at least 4 members (excludes halogenated alkanes) is 6. The molecule has 4 nitrogen and oxygen atoms in total. The van der Waals surface area contributed by atoms with Gasteiger partial charge in [0, 0.05) is 6.42 Å². The van der Waals surface area contributed by atoms with E-state index in [-0.39, 0.29) is 23.7 Å². The number of rotatable bonds is 13. The van der Waals surface area contributed by atoms with Crippen molar-refractivity contribution in [2.75, 3.05) is 7.11 Å². The van der Waals surface area contributed by atoms with Gasteiger partial charge >= 0.3 is 0 Å². The molecule has 0 aliphatic carbocycles. The van der Waals surface area contributed by atoms with Crippen LogP contribution in [-0.4, -0.2) is 23.8 Å². The number of carbonyl (C=O) groups is 2. The number of hydrogen-bond donors (Lipinski definition) is 1. The maximum atomic E-state index is 11.9. The molecule has 0 saturated heterocycles. The van der Waals surface area contributed by atoms with Gasteiger partial charge in [0.25, 0.3) is 0 Å². The highest BCUT2D eigenvalue weighted by Crippen LogP contribution is 2.26. The maximum absolute atomic E-state index is 11.9. The van der Waals surface area contributed by atoms with E-state index >= 15 is 0 Å². The summed E-state index contributed by atoms with van der Waals surface area (Å²) < 4.78 is 5.02. The Morgan fingerprint density at radius 2 is 1.76 bits per heavy atom. The Balaban J connectivity index is 2.28. The number of phenolic OH excluding ortho intramolecular Hbond substituents is 1. The van der Waals surface area contributed by atoms with Crippen LogP contribution >= 0.6 is 0 Å². The maximum Gasteiger partial charge on any atom is 0.163 e. The zero-order valence-electron chi connectivity index (χ0n) is 15.4. The Bertz CT molecular complexity index is 575. The van der Waals surface area contributed by atoms with Crippen LogP contribution in [0.5, 0.6) is 11.5 Å². The van der Waals surface area contributed by atoms with E-state index < -0.39 is 0 Å². The van der Waals surface area contributed by atoms with Gasteiger partial charge in [-0.05, 0) is 30.2 Å². The normalized spacial score (nSPS) is 11.0. The number of benzene rings is 1. The Labute approximate surface area is 150 Å². The van der Waals surface area contributed by atoms with Crippen molar-refractivity contribution in [2.24, 2.45) is 0 Å². The quantitative estimate of drug-likeness (QED) is 0.307. The molecule has 138 valence electrons. The Kier molecular flexibility index (Phi) is 10.3. The van der Waals surface area contributed by atoms with E-state index in [1.54, 1.807) is 18.2 Å². The molecule has 25 heavy (non-hydrogen) atoms. The first-order valence-corrected chi connectivity index (χ1v) is 9.16. The van der Waals surface area contributed by atoms with Gasteiger partial charge in [0.2, 0.25) is 0 Å². The van der Waals surface area contributed by atoms with E-state index in [2.05, 4.69) is 6.92 Å². The summed E-state index contributed by atoms with van der Waals surface area (Å²) in [5.74, 6) is 0.215. The summed E-state index contributed by atoms with van der Waals surface area (Å²) >= 11 is 0. The zero-order chi connectivity index (χ0) is 18.5. The van der Waals surface area contributed by atoms with Crippen LogP contribution in [0, 0.1) is 0 Å². The molecule has 0 bridgehead atoms. The number of ketones is 2. The number of hydrogen-bond acceptors (Lipinski definition) is 4. The molecule has 0 saturated carbocycles. The first-order chi connectivity index (χ1) is 12.1. The SMILES string of the molecule is CCCCCCCCCC(=O)CC(=O)/C=C/c1ccc(O)c(OC)c1. The fourth-order valence-electron chi connectivity index (χ4n) is 2.61. The molecular weight excluding hydrogens is 316 g/mol. The number of allylic oxidation sites excluding steroid dienone is 1. The lowest BCUT2D eigenvalue weighted by molar-refractivity contribution is -0.124. The van der Waals surface area contributed by atoms with Crippen LogP contribution in [0.3, 0.4) is 0 Å². The van der Waals surface area contributed by atoms with Gasteiger partial charge in [-0.1, -0.05) is 57.6 Å². The molecule has 1 N–H and O–H groups in total. The van der Waals surface area contributed by atoms with Crippen molar-refractivity contribution in [3.05, 3.63) is 29.8 Å². The standard InChI is InChI=1S/C21H30O4/c1-3-4-5-6-7-8-9-10-18(22)16-19(23)13-11-17-12-14-20(24)21(15-17)25-2/h11-15,24H,3-10,16H2,1-2H3/b13-11+. The van der Waals surface area contributed by atoms with E-state index in [9.17, 15) is 14.7 Å². The minimum Gasteiger partial charge on any atom is -0.504 e. The molecule has 0 heterocycles. The summed E-state index contributed by atoms with van der Waals surface area (Å²) in [7, 11) is 1.47.